The summed E-state index contributed by atoms with van der Waals surface area (Å²) in [5, 5.41) is 0. The fourth-order valence-corrected chi connectivity index (χ4v) is 0.191. The molecule has 0 saturated carbocycles. The minimum atomic E-state index is -0.557. The first kappa shape index (κ1) is 7.43. The van der Waals surface area contributed by atoms with Gasteiger partial charge in [0.05, 0.1) is 6.92 Å². The second-order valence-electron chi connectivity index (χ2n) is 1.13. The Hall–Kier alpha value is -0.570. The number of carbonyl (C=O) groups is 1. The molecule has 1 radical (unpaired) electrons. The molecule has 3 nitrogen and oxygen atoms in total. The molecule has 8 heavy (non-hydrogen) atoms. The first-order chi connectivity index (χ1) is 3.77. The average molecular weight is 117 g/mol. The smallest absolute Gasteiger partial charge is 0.308 e. The standard InChI is InChI=1S/C5H9O3/c1-3-7-4-8-5(2)6/h2-4H2,1H3. The fourth-order valence-electron chi connectivity index (χ4n) is 0.191. The number of hydrogen-bond donors (Lipinski definition) is 0. The van der Waals surface area contributed by atoms with Crippen LogP contribution < -0.4 is 0 Å². The van der Waals surface area contributed by atoms with Crippen LogP contribution in [0.4, 0.5) is 0 Å². The third-order valence-electron chi connectivity index (χ3n) is 0.507. The van der Waals surface area contributed by atoms with E-state index in [9.17, 15) is 4.79 Å². The number of rotatable bonds is 3. The van der Waals surface area contributed by atoms with Crippen molar-refractivity contribution in [3.8, 4) is 0 Å². The third kappa shape index (κ3) is 5.43. The summed E-state index contributed by atoms with van der Waals surface area (Å²) in [7, 11) is 0. The lowest BCUT2D eigenvalue weighted by Crippen LogP contribution is -2.03. The highest BCUT2D eigenvalue weighted by Gasteiger charge is 1.87. The van der Waals surface area contributed by atoms with Crippen molar-refractivity contribution in [2.45, 2.75) is 6.92 Å². The summed E-state index contributed by atoms with van der Waals surface area (Å²) in [5.41, 5.74) is 0. The summed E-state index contributed by atoms with van der Waals surface area (Å²) in [6.07, 6.45) is 0. The normalized spacial score (nSPS) is 8.75. The van der Waals surface area contributed by atoms with Crippen molar-refractivity contribution in [2.24, 2.45) is 0 Å². The van der Waals surface area contributed by atoms with Gasteiger partial charge in [-0.1, -0.05) is 0 Å². The van der Waals surface area contributed by atoms with Gasteiger partial charge in [-0.3, -0.25) is 4.79 Å². The Morgan fingerprint density at radius 1 is 1.75 bits per heavy atom. The van der Waals surface area contributed by atoms with Crippen LogP contribution in [0.15, 0.2) is 0 Å². The highest BCUT2D eigenvalue weighted by atomic mass is 16.7. The number of esters is 1. The zero-order valence-corrected chi connectivity index (χ0v) is 4.85. The SMILES string of the molecule is [CH2]C(=O)OCOCC. The average Bonchev–Trinajstić information content (AvgIpc) is 1.66. The van der Waals surface area contributed by atoms with Crippen LogP contribution in [-0.4, -0.2) is 19.4 Å². The molecule has 0 bridgehead atoms. The maximum absolute atomic E-state index is 9.91. The van der Waals surface area contributed by atoms with Gasteiger partial charge in [-0.25, -0.2) is 0 Å². The summed E-state index contributed by atoms with van der Waals surface area (Å²) < 4.78 is 8.97. The maximum Gasteiger partial charge on any atom is 0.308 e. The Morgan fingerprint density at radius 3 is 2.75 bits per heavy atom. The Kier molecular flexibility index (Phi) is 4.26. The lowest BCUT2D eigenvalue weighted by molar-refractivity contribution is -0.150. The Labute approximate surface area is 48.6 Å². The van der Waals surface area contributed by atoms with E-state index in [1.165, 1.54) is 0 Å². The summed E-state index contributed by atoms with van der Waals surface area (Å²) >= 11 is 0. The van der Waals surface area contributed by atoms with E-state index >= 15 is 0 Å². The zero-order chi connectivity index (χ0) is 6.41. The second kappa shape index (κ2) is 4.59. The first-order valence-electron chi connectivity index (χ1n) is 2.33. The van der Waals surface area contributed by atoms with Crippen LogP contribution in [0.1, 0.15) is 6.92 Å². The molecule has 0 fully saturated rings. The molecular weight excluding hydrogens is 108 g/mol. The molecule has 3 heteroatoms. The Balaban J connectivity index is 2.82. The quantitative estimate of drug-likeness (QED) is 0.304. The van der Waals surface area contributed by atoms with Gasteiger partial charge in [0.25, 0.3) is 0 Å². The van der Waals surface area contributed by atoms with Crippen molar-refractivity contribution < 1.29 is 14.3 Å². The molecule has 0 unspecified atom stereocenters. The van der Waals surface area contributed by atoms with E-state index in [2.05, 4.69) is 16.4 Å². The number of carbonyl (C=O) groups excluding carboxylic acids is 1. The minimum Gasteiger partial charge on any atom is -0.438 e. The predicted molar refractivity (Wildman–Crippen MR) is 27.9 cm³/mol. The molecule has 0 aromatic carbocycles. The molecule has 0 spiro atoms. The molecule has 0 aromatic heterocycles. The summed E-state index contributed by atoms with van der Waals surface area (Å²) in [6.45, 7) is 5.35. The molecule has 0 aliphatic rings. The van der Waals surface area contributed by atoms with E-state index in [-0.39, 0.29) is 6.79 Å². The van der Waals surface area contributed by atoms with Gasteiger partial charge in [0, 0.05) is 6.61 Å². The molecule has 0 N–H and O–H groups in total. The van der Waals surface area contributed by atoms with Gasteiger partial charge in [-0.15, -0.1) is 0 Å². The van der Waals surface area contributed by atoms with Crippen LogP contribution in [0.3, 0.4) is 0 Å². The number of ether oxygens (including phenoxy) is 2. The van der Waals surface area contributed by atoms with Crippen LogP contribution in [-0.2, 0) is 14.3 Å². The van der Waals surface area contributed by atoms with E-state index in [0.29, 0.717) is 6.61 Å². The Morgan fingerprint density at radius 2 is 2.38 bits per heavy atom. The zero-order valence-electron chi connectivity index (χ0n) is 4.85. The monoisotopic (exact) mass is 117 g/mol. The number of hydrogen-bond acceptors (Lipinski definition) is 3. The van der Waals surface area contributed by atoms with Crippen molar-refractivity contribution in [2.75, 3.05) is 13.4 Å². The molecule has 0 rings (SSSR count). The van der Waals surface area contributed by atoms with Crippen molar-refractivity contribution in [1.29, 1.82) is 0 Å². The van der Waals surface area contributed by atoms with E-state index in [1.807, 2.05) is 6.92 Å². The van der Waals surface area contributed by atoms with Crippen molar-refractivity contribution in [1.82, 2.24) is 0 Å². The molecule has 0 atom stereocenters. The lowest BCUT2D eigenvalue weighted by atomic mass is 10.8. The minimum absolute atomic E-state index is 0.0127. The molecule has 0 saturated heterocycles. The van der Waals surface area contributed by atoms with E-state index < -0.39 is 5.97 Å². The topological polar surface area (TPSA) is 35.5 Å². The van der Waals surface area contributed by atoms with Gasteiger partial charge in [-0.05, 0) is 6.92 Å². The largest absolute Gasteiger partial charge is 0.438 e. The highest BCUT2D eigenvalue weighted by molar-refractivity contribution is 5.73. The third-order valence-corrected chi connectivity index (χ3v) is 0.507. The molecule has 0 heterocycles. The summed E-state index contributed by atoms with van der Waals surface area (Å²) in [5.74, 6) is -0.557. The van der Waals surface area contributed by atoms with Gasteiger partial charge in [-0.2, -0.15) is 0 Å². The van der Waals surface area contributed by atoms with E-state index in [0.717, 1.165) is 0 Å². The molecular formula is C5H9O3. The Bertz CT molecular complexity index is 70.1. The molecule has 0 aliphatic carbocycles. The molecule has 47 valence electrons. The van der Waals surface area contributed by atoms with E-state index in [1.54, 1.807) is 0 Å². The van der Waals surface area contributed by atoms with Gasteiger partial charge in [0.15, 0.2) is 6.79 Å². The van der Waals surface area contributed by atoms with Crippen LogP contribution >= 0.6 is 0 Å². The lowest BCUT2D eigenvalue weighted by Gasteiger charge is -1.98. The van der Waals surface area contributed by atoms with Gasteiger partial charge in [0.2, 0.25) is 0 Å². The predicted octanol–water partition coefficient (Wildman–Crippen LogP) is 0.358. The van der Waals surface area contributed by atoms with Crippen LogP contribution in [0.25, 0.3) is 0 Å². The summed E-state index contributed by atoms with van der Waals surface area (Å²) in [4.78, 5) is 9.91. The molecule has 0 aliphatic heterocycles. The van der Waals surface area contributed by atoms with Crippen LogP contribution in [0.2, 0.25) is 0 Å². The maximum atomic E-state index is 9.91. The molecule has 0 amide bonds. The van der Waals surface area contributed by atoms with Crippen molar-refractivity contribution >= 4 is 5.97 Å². The molecule has 0 aromatic rings. The van der Waals surface area contributed by atoms with Crippen molar-refractivity contribution in [3.05, 3.63) is 6.92 Å². The van der Waals surface area contributed by atoms with Gasteiger partial charge in [0.1, 0.15) is 0 Å². The second-order valence-corrected chi connectivity index (χ2v) is 1.13. The highest BCUT2D eigenvalue weighted by Crippen LogP contribution is 1.76. The fraction of sp³-hybridized carbons (Fsp3) is 0.600. The summed E-state index contributed by atoms with van der Waals surface area (Å²) in [6, 6.07) is 0. The van der Waals surface area contributed by atoms with Crippen LogP contribution in [0, 0.1) is 6.92 Å². The van der Waals surface area contributed by atoms with Gasteiger partial charge < -0.3 is 9.47 Å². The van der Waals surface area contributed by atoms with Gasteiger partial charge >= 0.3 is 5.97 Å². The van der Waals surface area contributed by atoms with Crippen molar-refractivity contribution in [3.63, 3.8) is 0 Å². The first-order valence-corrected chi connectivity index (χ1v) is 2.33. The van der Waals surface area contributed by atoms with Crippen LogP contribution in [0.5, 0.6) is 0 Å². The van der Waals surface area contributed by atoms with E-state index in [4.69, 9.17) is 0 Å².